The van der Waals surface area contributed by atoms with E-state index in [9.17, 15) is 4.79 Å². The molecule has 0 radical (unpaired) electrons. The van der Waals surface area contributed by atoms with Crippen molar-refractivity contribution < 1.29 is 9.53 Å². The van der Waals surface area contributed by atoms with Crippen LogP contribution in [0.2, 0.25) is 0 Å². The van der Waals surface area contributed by atoms with Gasteiger partial charge in [-0.1, -0.05) is 18.2 Å². The fourth-order valence-electron chi connectivity index (χ4n) is 3.21. The summed E-state index contributed by atoms with van der Waals surface area (Å²) in [6.07, 6.45) is 11.9. The van der Waals surface area contributed by atoms with Crippen LogP contribution < -0.4 is 4.74 Å². The fraction of sp³-hybridized carbons (Fsp3) is 0.556. The molecule has 0 bridgehead atoms. The molecule has 2 heterocycles. The molecule has 0 spiro atoms. The molecule has 5 nitrogen and oxygen atoms in total. The van der Waals surface area contributed by atoms with Crippen molar-refractivity contribution in [1.29, 1.82) is 0 Å². The summed E-state index contributed by atoms with van der Waals surface area (Å²) in [6.45, 7) is 3.09. The molecule has 1 aromatic rings. The van der Waals surface area contributed by atoms with Crippen molar-refractivity contribution in [3.8, 4) is 5.88 Å². The Morgan fingerprint density at radius 1 is 1.30 bits per heavy atom. The Kier molecular flexibility index (Phi) is 3.93. The molecule has 1 saturated carbocycles. The van der Waals surface area contributed by atoms with Crippen LogP contribution in [0.25, 0.3) is 0 Å². The van der Waals surface area contributed by atoms with E-state index in [1.165, 1.54) is 18.4 Å². The van der Waals surface area contributed by atoms with Gasteiger partial charge in [0.2, 0.25) is 5.88 Å². The summed E-state index contributed by atoms with van der Waals surface area (Å²) < 4.78 is 7.63. The van der Waals surface area contributed by atoms with Gasteiger partial charge in [0, 0.05) is 25.7 Å². The second-order valence-electron chi connectivity index (χ2n) is 6.72. The second-order valence-corrected chi connectivity index (χ2v) is 6.72. The number of fused-ring (bicyclic) bond motifs is 1. The van der Waals surface area contributed by atoms with Crippen LogP contribution in [-0.2, 0) is 6.54 Å². The number of allylic oxidation sites excluding steroid dienone is 3. The maximum atomic E-state index is 12.7. The molecule has 1 aliphatic heterocycles. The van der Waals surface area contributed by atoms with Crippen molar-refractivity contribution >= 4 is 5.91 Å². The van der Waals surface area contributed by atoms with Crippen molar-refractivity contribution in [2.75, 3.05) is 19.7 Å². The number of aryl methyl sites for hydroxylation is 1. The molecule has 3 aliphatic rings. The van der Waals surface area contributed by atoms with E-state index in [-0.39, 0.29) is 5.91 Å². The topological polar surface area (TPSA) is 47.4 Å². The highest BCUT2D eigenvalue weighted by Crippen LogP contribution is 2.31. The number of hydrogen-bond acceptors (Lipinski definition) is 3. The van der Waals surface area contributed by atoms with E-state index < -0.39 is 0 Å². The summed E-state index contributed by atoms with van der Waals surface area (Å²) in [5.41, 5.74) is 1.95. The monoisotopic (exact) mass is 313 g/mol. The van der Waals surface area contributed by atoms with E-state index >= 15 is 0 Å². The minimum Gasteiger partial charge on any atom is -0.472 e. The van der Waals surface area contributed by atoms with Crippen LogP contribution in [0.4, 0.5) is 0 Å². The quantitative estimate of drug-likeness (QED) is 0.840. The number of carbonyl (C=O) groups is 1. The Morgan fingerprint density at radius 3 is 3.00 bits per heavy atom. The first-order valence-corrected chi connectivity index (χ1v) is 8.64. The molecule has 4 rings (SSSR count). The Labute approximate surface area is 136 Å². The lowest BCUT2D eigenvalue weighted by Crippen LogP contribution is -2.32. The molecule has 23 heavy (non-hydrogen) atoms. The number of hydrogen-bond donors (Lipinski definition) is 0. The van der Waals surface area contributed by atoms with Gasteiger partial charge in [0.15, 0.2) is 0 Å². The first kappa shape index (κ1) is 14.5. The third-order valence-corrected chi connectivity index (χ3v) is 4.74. The molecular weight excluding hydrogens is 290 g/mol. The maximum Gasteiger partial charge on any atom is 0.272 e. The van der Waals surface area contributed by atoms with E-state index in [0.717, 1.165) is 44.8 Å². The zero-order valence-electron chi connectivity index (χ0n) is 13.4. The van der Waals surface area contributed by atoms with Gasteiger partial charge in [0.05, 0.1) is 0 Å². The highest BCUT2D eigenvalue weighted by atomic mass is 16.5. The maximum absolute atomic E-state index is 12.7. The minimum atomic E-state index is 0.108. The summed E-state index contributed by atoms with van der Waals surface area (Å²) in [5, 5.41) is 4.48. The predicted molar refractivity (Wildman–Crippen MR) is 87.4 cm³/mol. The zero-order chi connectivity index (χ0) is 15.6. The molecule has 0 atom stereocenters. The Balaban J connectivity index is 1.45. The summed E-state index contributed by atoms with van der Waals surface area (Å²) in [4.78, 5) is 14.7. The van der Waals surface area contributed by atoms with Gasteiger partial charge in [-0.25, -0.2) is 0 Å². The van der Waals surface area contributed by atoms with Crippen LogP contribution in [0, 0.1) is 5.92 Å². The van der Waals surface area contributed by atoms with E-state index in [1.54, 1.807) is 0 Å². The Morgan fingerprint density at radius 2 is 2.22 bits per heavy atom. The highest BCUT2D eigenvalue weighted by molar-refractivity contribution is 5.93. The third-order valence-electron chi connectivity index (χ3n) is 4.74. The SMILES string of the molecule is O=C1c2cc(OCC3=CC=CCC3)nn2CCCN1CC1CC1. The van der Waals surface area contributed by atoms with Crippen molar-refractivity contribution in [3.63, 3.8) is 0 Å². The zero-order valence-corrected chi connectivity index (χ0v) is 13.4. The lowest BCUT2D eigenvalue weighted by molar-refractivity contribution is 0.0750. The predicted octanol–water partition coefficient (Wildman–Crippen LogP) is 2.79. The molecule has 1 aromatic heterocycles. The molecule has 0 unspecified atom stereocenters. The van der Waals surface area contributed by atoms with Gasteiger partial charge in [0.1, 0.15) is 12.3 Å². The Bertz CT molecular complexity index is 655. The molecule has 0 N–H and O–H groups in total. The molecule has 0 aromatic carbocycles. The Hall–Kier alpha value is -2.04. The molecule has 122 valence electrons. The lowest BCUT2D eigenvalue weighted by Gasteiger charge is -2.19. The van der Waals surface area contributed by atoms with Crippen LogP contribution in [0.15, 0.2) is 29.9 Å². The number of aromatic nitrogens is 2. The van der Waals surface area contributed by atoms with E-state index in [2.05, 4.69) is 23.3 Å². The fourth-order valence-corrected chi connectivity index (χ4v) is 3.21. The molecule has 1 amide bonds. The second kappa shape index (κ2) is 6.22. The molecule has 1 fully saturated rings. The summed E-state index contributed by atoms with van der Waals surface area (Å²) in [7, 11) is 0. The van der Waals surface area contributed by atoms with Crippen LogP contribution in [0.1, 0.15) is 42.6 Å². The van der Waals surface area contributed by atoms with E-state index in [4.69, 9.17) is 4.74 Å². The van der Waals surface area contributed by atoms with Gasteiger partial charge in [-0.05, 0) is 43.6 Å². The van der Waals surface area contributed by atoms with Crippen LogP contribution in [0.5, 0.6) is 5.88 Å². The summed E-state index contributed by atoms with van der Waals surface area (Å²) >= 11 is 0. The number of carbonyl (C=O) groups excluding carboxylic acids is 1. The summed E-state index contributed by atoms with van der Waals surface area (Å²) in [5.74, 6) is 1.39. The average molecular weight is 313 g/mol. The first-order valence-electron chi connectivity index (χ1n) is 8.64. The highest BCUT2D eigenvalue weighted by Gasteiger charge is 2.30. The van der Waals surface area contributed by atoms with Crippen molar-refractivity contribution in [1.82, 2.24) is 14.7 Å². The largest absolute Gasteiger partial charge is 0.472 e. The number of rotatable bonds is 5. The van der Waals surface area contributed by atoms with Gasteiger partial charge < -0.3 is 9.64 Å². The van der Waals surface area contributed by atoms with Gasteiger partial charge >= 0.3 is 0 Å². The molecule has 2 aliphatic carbocycles. The van der Waals surface area contributed by atoms with Crippen molar-refractivity contribution in [3.05, 3.63) is 35.6 Å². The van der Waals surface area contributed by atoms with Crippen LogP contribution in [-0.4, -0.2) is 40.3 Å². The number of amides is 1. The summed E-state index contributed by atoms with van der Waals surface area (Å²) in [6, 6.07) is 1.81. The van der Waals surface area contributed by atoms with Crippen LogP contribution in [0.3, 0.4) is 0 Å². The lowest BCUT2D eigenvalue weighted by atomic mass is 10.1. The van der Waals surface area contributed by atoms with E-state index in [0.29, 0.717) is 18.2 Å². The standard InChI is InChI=1S/C18H23N3O2/c22-18-16-11-17(23-13-15-5-2-1-3-6-15)19-21(16)10-4-9-20(18)12-14-7-8-14/h1-2,5,11,14H,3-4,6-10,12-13H2. The number of ether oxygens (including phenoxy) is 1. The normalized spacial score (nSPS) is 21.0. The van der Waals surface area contributed by atoms with Crippen LogP contribution >= 0.6 is 0 Å². The van der Waals surface area contributed by atoms with Crippen molar-refractivity contribution in [2.24, 2.45) is 5.92 Å². The van der Waals surface area contributed by atoms with Crippen molar-refractivity contribution in [2.45, 2.75) is 38.6 Å². The molecular formula is C18H23N3O2. The van der Waals surface area contributed by atoms with Gasteiger partial charge in [0.25, 0.3) is 5.91 Å². The number of nitrogens with zero attached hydrogens (tertiary/aromatic N) is 3. The molecule has 5 heteroatoms. The smallest absolute Gasteiger partial charge is 0.272 e. The third kappa shape index (κ3) is 3.33. The molecule has 0 saturated heterocycles. The van der Waals surface area contributed by atoms with Gasteiger partial charge in [-0.3, -0.25) is 9.48 Å². The average Bonchev–Trinajstić information content (AvgIpc) is 3.32. The first-order chi connectivity index (χ1) is 11.3. The van der Waals surface area contributed by atoms with Gasteiger partial charge in [-0.2, -0.15) is 0 Å². The van der Waals surface area contributed by atoms with E-state index in [1.807, 2.05) is 15.6 Å². The van der Waals surface area contributed by atoms with Gasteiger partial charge in [-0.15, -0.1) is 5.10 Å². The minimum absolute atomic E-state index is 0.108.